The molecule has 3 rings (SSSR count). The van der Waals surface area contributed by atoms with E-state index < -0.39 is 35.8 Å². The maximum absolute atomic E-state index is 13.2. The fourth-order valence-electron chi connectivity index (χ4n) is 2.60. The van der Waals surface area contributed by atoms with Crippen LogP contribution in [-0.2, 0) is 9.59 Å². The Morgan fingerprint density at radius 3 is 2.75 bits per heavy atom. The molecule has 0 bridgehead atoms. The summed E-state index contributed by atoms with van der Waals surface area (Å²) < 4.78 is 13.2. The SMILES string of the molecule is O=C1CCC(N2C(=O)c3cc(F)ccc3C2O)C(=O)N1. The lowest BCUT2D eigenvalue weighted by Gasteiger charge is -2.31. The van der Waals surface area contributed by atoms with E-state index in [1.165, 1.54) is 6.07 Å². The van der Waals surface area contributed by atoms with Gasteiger partial charge in [-0.1, -0.05) is 6.07 Å². The highest BCUT2D eigenvalue weighted by Gasteiger charge is 2.44. The number of hydrogen-bond donors (Lipinski definition) is 2. The normalized spacial score (nSPS) is 25.7. The molecule has 1 saturated heterocycles. The number of carbonyl (C=O) groups excluding carboxylic acids is 3. The summed E-state index contributed by atoms with van der Waals surface area (Å²) in [6.45, 7) is 0. The van der Waals surface area contributed by atoms with Gasteiger partial charge in [-0.2, -0.15) is 0 Å². The van der Waals surface area contributed by atoms with Crippen LogP contribution in [-0.4, -0.2) is 33.8 Å². The van der Waals surface area contributed by atoms with Crippen LogP contribution in [0.2, 0.25) is 0 Å². The Kier molecular flexibility index (Phi) is 2.79. The predicted octanol–water partition coefficient (Wildman–Crippen LogP) is 0.0776. The van der Waals surface area contributed by atoms with Gasteiger partial charge in [-0.15, -0.1) is 0 Å². The summed E-state index contributed by atoms with van der Waals surface area (Å²) in [7, 11) is 0. The molecule has 6 nitrogen and oxygen atoms in total. The molecular formula is C13H11FN2O4. The molecule has 104 valence electrons. The lowest BCUT2D eigenvalue weighted by atomic mass is 10.0. The number of hydrogen-bond acceptors (Lipinski definition) is 4. The fraction of sp³-hybridized carbons (Fsp3) is 0.308. The van der Waals surface area contributed by atoms with Gasteiger partial charge < -0.3 is 5.11 Å². The first-order chi connectivity index (χ1) is 9.49. The molecule has 3 amide bonds. The summed E-state index contributed by atoms with van der Waals surface area (Å²) in [5, 5.41) is 12.3. The van der Waals surface area contributed by atoms with E-state index in [4.69, 9.17) is 0 Å². The Hall–Kier alpha value is -2.28. The molecule has 0 aromatic heterocycles. The largest absolute Gasteiger partial charge is 0.369 e. The monoisotopic (exact) mass is 278 g/mol. The molecule has 2 N–H and O–H groups in total. The number of piperidine rings is 1. The second kappa shape index (κ2) is 4.38. The number of fused-ring (bicyclic) bond motifs is 1. The molecule has 2 atom stereocenters. The zero-order valence-electron chi connectivity index (χ0n) is 10.3. The summed E-state index contributed by atoms with van der Waals surface area (Å²) in [4.78, 5) is 36.1. The van der Waals surface area contributed by atoms with Crippen molar-refractivity contribution in [2.24, 2.45) is 0 Å². The number of imide groups is 1. The standard InChI is InChI=1S/C13H11FN2O4/c14-6-1-2-7-8(5-6)13(20)16(12(7)19)9-3-4-10(17)15-11(9)18/h1-2,5,9,12,19H,3-4H2,(H,15,17,18). The van der Waals surface area contributed by atoms with Crippen molar-refractivity contribution in [3.05, 3.63) is 35.1 Å². The van der Waals surface area contributed by atoms with Crippen molar-refractivity contribution in [1.82, 2.24) is 10.2 Å². The van der Waals surface area contributed by atoms with Crippen molar-refractivity contribution in [2.75, 3.05) is 0 Å². The molecule has 1 aromatic carbocycles. The quantitative estimate of drug-likeness (QED) is 0.712. The van der Waals surface area contributed by atoms with Crippen molar-refractivity contribution in [3.8, 4) is 0 Å². The molecule has 2 unspecified atom stereocenters. The number of benzene rings is 1. The van der Waals surface area contributed by atoms with E-state index in [0.29, 0.717) is 0 Å². The van der Waals surface area contributed by atoms with Crippen LogP contribution in [0.4, 0.5) is 4.39 Å². The van der Waals surface area contributed by atoms with E-state index >= 15 is 0 Å². The van der Waals surface area contributed by atoms with Crippen molar-refractivity contribution in [2.45, 2.75) is 25.1 Å². The van der Waals surface area contributed by atoms with Crippen LogP contribution < -0.4 is 5.32 Å². The maximum atomic E-state index is 13.2. The van der Waals surface area contributed by atoms with Gasteiger partial charge in [0.25, 0.3) is 5.91 Å². The Bertz CT molecular complexity index is 631. The van der Waals surface area contributed by atoms with Gasteiger partial charge in [-0.3, -0.25) is 24.6 Å². The molecule has 1 fully saturated rings. The van der Waals surface area contributed by atoms with Crippen LogP contribution in [0.3, 0.4) is 0 Å². The van der Waals surface area contributed by atoms with Gasteiger partial charge in [0.2, 0.25) is 11.8 Å². The third-order valence-corrected chi connectivity index (χ3v) is 3.57. The Labute approximate surface area is 113 Å². The predicted molar refractivity (Wildman–Crippen MR) is 63.7 cm³/mol. The molecule has 2 aliphatic rings. The van der Waals surface area contributed by atoms with Gasteiger partial charge in [0.05, 0.1) is 5.56 Å². The van der Waals surface area contributed by atoms with Crippen LogP contribution in [0, 0.1) is 5.82 Å². The number of nitrogens with one attached hydrogen (secondary N) is 1. The van der Waals surface area contributed by atoms with Gasteiger partial charge >= 0.3 is 0 Å². The lowest BCUT2D eigenvalue weighted by molar-refractivity contribution is -0.139. The van der Waals surface area contributed by atoms with Gasteiger partial charge in [-0.25, -0.2) is 4.39 Å². The third-order valence-electron chi connectivity index (χ3n) is 3.57. The number of nitrogens with zero attached hydrogens (tertiary/aromatic N) is 1. The fourth-order valence-corrected chi connectivity index (χ4v) is 2.60. The highest BCUT2D eigenvalue weighted by Crippen LogP contribution is 2.35. The second-order valence-electron chi connectivity index (χ2n) is 4.78. The molecule has 0 saturated carbocycles. The van der Waals surface area contributed by atoms with Crippen molar-refractivity contribution in [1.29, 1.82) is 0 Å². The number of halogens is 1. The van der Waals surface area contributed by atoms with Crippen molar-refractivity contribution >= 4 is 17.7 Å². The molecule has 2 aliphatic heterocycles. The molecule has 0 radical (unpaired) electrons. The van der Waals surface area contributed by atoms with Crippen LogP contribution >= 0.6 is 0 Å². The zero-order chi connectivity index (χ0) is 14.4. The van der Waals surface area contributed by atoms with E-state index in [-0.39, 0.29) is 24.0 Å². The van der Waals surface area contributed by atoms with Crippen molar-refractivity contribution < 1.29 is 23.9 Å². The molecule has 2 heterocycles. The number of aliphatic hydroxyl groups is 1. The first-order valence-electron chi connectivity index (χ1n) is 6.13. The minimum atomic E-state index is -1.30. The first-order valence-corrected chi connectivity index (χ1v) is 6.13. The van der Waals surface area contributed by atoms with E-state index in [0.717, 1.165) is 17.0 Å². The number of carbonyl (C=O) groups is 3. The van der Waals surface area contributed by atoms with Crippen LogP contribution in [0.15, 0.2) is 18.2 Å². The van der Waals surface area contributed by atoms with Gasteiger partial charge in [0, 0.05) is 12.0 Å². The minimum Gasteiger partial charge on any atom is -0.369 e. The van der Waals surface area contributed by atoms with Crippen LogP contribution in [0.1, 0.15) is 35.0 Å². The number of rotatable bonds is 1. The highest BCUT2D eigenvalue weighted by molar-refractivity contribution is 6.05. The average molecular weight is 278 g/mol. The molecule has 0 aliphatic carbocycles. The summed E-state index contributed by atoms with van der Waals surface area (Å²) >= 11 is 0. The lowest BCUT2D eigenvalue weighted by Crippen LogP contribution is -2.53. The topological polar surface area (TPSA) is 86.7 Å². The zero-order valence-corrected chi connectivity index (χ0v) is 10.3. The molecular weight excluding hydrogens is 267 g/mol. The molecule has 0 spiro atoms. The van der Waals surface area contributed by atoms with Gasteiger partial charge in [0.1, 0.15) is 11.9 Å². The first kappa shape index (κ1) is 12.7. The Morgan fingerprint density at radius 1 is 1.30 bits per heavy atom. The summed E-state index contributed by atoms with van der Waals surface area (Å²) in [6.07, 6.45) is -1.07. The Morgan fingerprint density at radius 2 is 2.05 bits per heavy atom. The maximum Gasteiger partial charge on any atom is 0.257 e. The average Bonchev–Trinajstić information content (AvgIpc) is 2.63. The molecule has 20 heavy (non-hydrogen) atoms. The molecule has 7 heteroatoms. The molecule has 1 aromatic rings. The van der Waals surface area contributed by atoms with Crippen molar-refractivity contribution in [3.63, 3.8) is 0 Å². The smallest absolute Gasteiger partial charge is 0.257 e. The summed E-state index contributed by atoms with van der Waals surface area (Å²) in [5.41, 5.74) is 0.309. The number of aliphatic hydroxyl groups excluding tert-OH is 1. The number of amides is 3. The summed E-state index contributed by atoms with van der Waals surface area (Å²) in [5.74, 6) is -2.23. The van der Waals surface area contributed by atoms with Gasteiger partial charge in [0.15, 0.2) is 6.23 Å². The van der Waals surface area contributed by atoms with Crippen LogP contribution in [0.25, 0.3) is 0 Å². The third kappa shape index (κ3) is 1.78. The van der Waals surface area contributed by atoms with E-state index in [1.807, 2.05) is 0 Å². The van der Waals surface area contributed by atoms with Crippen LogP contribution in [0.5, 0.6) is 0 Å². The summed E-state index contributed by atoms with van der Waals surface area (Å²) in [6, 6.07) is 2.57. The second-order valence-corrected chi connectivity index (χ2v) is 4.78. The Balaban J connectivity index is 1.95. The van der Waals surface area contributed by atoms with E-state index in [2.05, 4.69) is 5.32 Å². The van der Waals surface area contributed by atoms with E-state index in [1.54, 1.807) is 0 Å². The van der Waals surface area contributed by atoms with E-state index in [9.17, 15) is 23.9 Å². The van der Waals surface area contributed by atoms with Gasteiger partial charge in [-0.05, 0) is 18.6 Å². The highest BCUT2D eigenvalue weighted by atomic mass is 19.1. The minimum absolute atomic E-state index is 0.0437.